The third kappa shape index (κ3) is 5.08. The first-order valence-electron chi connectivity index (χ1n) is 8.94. The zero-order chi connectivity index (χ0) is 18.2. The molecule has 138 valence electrons. The van der Waals surface area contributed by atoms with Crippen molar-refractivity contribution in [1.82, 2.24) is 14.9 Å². The highest BCUT2D eigenvalue weighted by Gasteiger charge is 2.28. The van der Waals surface area contributed by atoms with E-state index in [4.69, 9.17) is 16.3 Å². The zero-order valence-corrected chi connectivity index (χ0v) is 15.4. The summed E-state index contributed by atoms with van der Waals surface area (Å²) in [7, 11) is 0. The van der Waals surface area contributed by atoms with Crippen LogP contribution in [-0.4, -0.2) is 47.1 Å². The van der Waals surface area contributed by atoms with Crippen LogP contribution in [0.3, 0.4) is 0 Å². The lowest BCUT2D eigenvalue weighted by atomic mass is 10.2. The number of urea groups is 1. The van der Waals surface area contributed by atoms with Gasteiger partial charge in [-0.3, -0.25) is 14.9 Å². The Morgan fingerprint density at radius 2 is 1.85 bits per heavy atom. The van der Waals surface area contributed by atoms with E-state index in [2.05, 4.69) is 9.97 Å². The van der Waals surface area contributed by atoms with E-state index in [9.17, 15) is 4.79 Å². The van der Waals surface area contributed by atoms with Gasteiger partial charge >= 0.3 is 6.03 Å². The van der Waals surface area contributed by atoms with Crippen molar-refractivity contribution in [2.24, 2.45) is 0 Å². The number of aromatic nitrogens is 2. The van der Waals surface area contributed by atoms with Gasteiger partial charge in [0, 0.05) is 50.0 Å². The smallest absolute Gasteiger partial charge is 0.324 e. The van der Waals surface area contributed by atoms with Gasteiger partial charge in [-0.2, -0.15) is 0 Å². The standard InChI is InChI=1S/C19H23ClN4O2/c20-16-13-18(15-22-14-16)26-12-4-2-1-3-9-23-10-11-24(19(23)25)17-5-7-21-8-6-17/h5-8,13-15H,1-4,9-12H2. The Bertz CT molecular complexity index is 714. The van der Waals surface area contributed by atoms with Crippen molar-refractivity contribution in [3.05, 3.63) is 48.0 Å². The number of anilines is 1. The Labute approximate surface area is 158 Å². The minimum Gasteiger partial charge on any atom is -0.492 e. The fraction of sp³-hybridized carbons (Fsp3) is 0.421. The molecule has 7 heteroatoms. The summed E-state index contributed by atoms with van der Waals surface area (Å²) in [6, 6.07) is 5.60. The molecule has 1 aliphatic rings. The number of carbonyl (C=O) groups is 1. The van der Waals surface area contributed by atoms with E-state index >= 15 is 0 Å². The second-order valence-corrected chi connectivity index (χ2v) is 6.66. The molecule has 1 aliphatic heterocycles. The first-order chi connectivity index (χ1) is 12.7. The molecular formula is C19H23ClN4O2. The zero-order valence-electron chi connectivity index (χ0n) is 14.7. The fourth-order valence-electron chi connectivity index (χ4n) is 2.97. The fourth-order valence-corrected chi connectivity index (χ4v) is 3.14. The molecule has 0 atom stereocenters. The highest BCUT2D eigenvalue weighted by molar-refractivity contribution is 6.30. The van der Waals surface area contributed by atoms with E-state index in [1.807, 2.05) is 21.9 Å². The molecule has 1 saturated heterocycles. The summed E-state index contributed by atoms with van der Waals surface area (Å²) in [4.78, 5) is 24.2. The molecule has 0 aliphatic carbocycles. The van der Waals surface area contributed by atoms with Gasteiger partial charge in [-0.25, -0.2) is 4.79 Å². The van der Waals surface area contributed by atoms with Crippen LogP contribution < -0.4 is 9.64 Å². The van der Waals surface area contributed by atoms with Crippen LogP contribution in [0, 0.1) is 0 Å². The molecule has 2 amide bonds. The monoisotopic (exact) mass is 374 g/mol. The average Bonchev–Trinajstić information content (AvgIpc) is 3.02. The highest BCUT2D eigenvalue weighted by Crippen LogP contribution is 2.20. The number of carbonyl (C=O) groups excluding carboxylic acids is 1. The Morgan fingerprint density at radius 1 is 1.04 bits per heavy atom. The van der Waals surface area contributed by atoms with Gasteiger partial charge < -0.3 is 9.64 Å². The van der Waals surface area contributed by atoms with Gasteiger partial charge in [0.05, 0.1) is 17.8 Å². The number of amides is 2. The van der Waals surface area contributed by atoms with Gasteiger partial charge in [0.2, 0.25) is 0 Å². The third-order valence-electron chi connectivity index (χ3n) is 4.34. The SMILES string of the molecule is O=C1N(CCCCCCOc2cncc(Cl)c2)CCN1c1ccncc1. The molecule has 3 heterocycles. The minimum absolute atomic E-state index is 0.0907. The van der Waals surface area contributed by atoms with Gasteiger partial charge in [-0.1, -0.05) is 24.4 Å². The number of ether oxygens (including phenoxy) is 1. The third-order valence-corrected chi connectivity index (χ3v) is 4.55. The maximum Gasteiger partial charge on any atom is 0.324 e. The molecule has 0 bridgehead atoms. The van der Waals surface area contributed by atoms with Crippen molar-refractivity contribution < 1.29 is 9.53 Å². The van der Waals surface area contributed by atoms with Crippen molar-refractivity contribution in [3.8, 4) is 5.75 Å². The summed E-state index contributed by atoms with van der Waals surface area (Å²) in [6.07, 6.45) is 10.8. The maximum absolute atomic E-state index is 12.5. The van der Waals surface area contributed by atoms with Crippen molar-refractivity contribution in [3.63, 3.8) is 0 Å². The van der Waals surface area contributed by atoms with E-state index in [0.717, 1.165) is 51.0 Å². The summed E-state index contributed by atoms with van der Waals surface area (Å²) in [5, 5.41) is 0.582. The molecule has 2 aromatic rings. The lowest BCUT2D eigenvalue weighted by Crippen LogP contribution is -2.32. The number of hydrogen-bond acceptors (Lipinski definition) is 4. The number of unbranched alkanes of at least 4 members (excludes halogenated alkanes) is 3. The van der Waals surface area contributed by atoms with Crippen LogP contribution in [-0.2, 0) is 0 Å². The summed E-state index contributed by atoms with van der Waals surface area (Å²) in [6.45, 7) is 2.98. The second kappa shape index (κ2) is 9.38. The first-order valence-corrected chi connectivity index (χ1v) is 9.31. The van der Waals surface area contributed by atoms with Gasteiger partial charge in [-0.05, 0) is 25.0 Å². The van der Waals surface area contributed by atoms with Crippen LogP contribution in [0.15, 0.2) is 43.0 Å². The number of rotatable bonds is 9. The predicted octanol–water partition coefficient (Wildman–Crippen LogP) is 4.01. The Hall–Kier alpha value is -2.34. The van der Waals surface area contributed by atoms with Crippen molar-refractivity contribution in [2.75, 3.05) is 31.1 Å². The molecule has 6 nitrogen and oxygen atoms in total. The molecule has 0 radical (unpaired) electrons. The van der Waals surface area contributed by atoms with Crippen LogP contribution in [0.25, 0.3) is 0 Å². The highest BCUT2D eigenvalue weighted by atomic mass is 35.5. The first kappa shape index (κ1) is 18.5. The Morgan fingerprint density at radius 3 is 2.65 bits per heavy atom. The van der Waals surface area contributed by atoms with E-state index in [1.54, 1.807) is 30.9 Å². The predicted molar refractivity (Wildman–Crippen MR) is 102 cm³/mol. The maximum atomic E-state index is 12.5. The molecule has 0 saturated carbocycles. The summed E-state index contributed by atoms with van der Waals surface area (Å²) in [5.74, 6) is 0.705. The summed E-state index contributed by atoms with van der Waals surface area (Å²) in [5.41, 5.74) is 0.917. The molecular weight excluding hydrogens is 352 g/mol. The molecule has 0 aromatic carbocycles. The quantitative estimate of drug-likeness (QED) is 0.622. The van der Waals surface area contributed by atoms with E-state index in [-0.39, 0.29) is 6.03 Å². The molecule has 1 fully saturated rings. The lowest BCUT2D eigenvalue weighted by molar-refractivity contribution is 0.219. The van der Waals surface area contributed by atoms with E-state index < -0.39 is 0 Å². The van der Waals surface area contributed by atoms with Crippen molar-refractivity contribution in [2.45, 2.75) is 25.7 Å². The van der Waals surface area contributed by atoms with Crippen LogP contribution in [0.1, 0.15) is 25.7 Å². The summed E-state index contributed by atoms with van der Waals surface area (Å²) < 4.78 is 5.62. The van der Waals surface area contributed by atoms with Crippen LogP contribution in [0.5, 0.6) is 5.75 Å². The topological polar surface area (TPSA) is 58.6 Å². The van der Waals surface area contributed by atoms with E-state index in [0.29, 0.717) is 17.4 Å². The molecule has 3 rings (SSSR count). The molecule has 0 unspecified atom stereocenters. The largest absolute Gasteiger partial charge is 0.492 e. The molecule has 0 spiro atoms. The number of nitrogens with zero attached hydrogens (tertiary/aromatic N) is 4. The van der Waals surface area contributed by atoms with Gasteiger partial charge in [0.25, 0.3) is 0 Å². The molecule has 26 heavy (non-hydrogen) atoms. The normalized spacial score (nSPS) is 14.1. The Balaban J connectivity index is 1.29. The van der Waals surface area contributed by atoms with Gasteiger partial charge in [0.15, 0.2) is 0 Å². The van der Waals surface area contributed by atoms with Crippen LogP contribution >= 0.6 is 11.6 Å². The lowest BCUT2D eigenvalue weighted by Gasteiger charge is -2.18. The Kier molecular flexibility index (Phi) is 6.66. The average molecular weight is 375 g/mol. The van der Waals surface area contributed by atoms with E-state index in [1.165, 1.54) is 0 Å². The van der Waals surface area contributed by atoms with Gasteiger partial charge in [-0.15, -0.1) is 0 Å². The minimum atomic E-state index is 0.0907. The van der Waals surface area contributed by atoms with Crippen molar-refractivity contribution >= 4 is 23.3 Å². The number of pyridine rings is 2. The van der Waals surface area contributed by atoms with Crippen LogP contribution in [0.2, 0.25) is 5.02 Å². The van der Waals surface area contributed by atoms with Gasteiger partial charge in [0.1, 0.15) is 5.75 Å². The molecule has 2 aromatic heterocycles. The molecule has 0 N–H and O–H groups in total. The number of halogens is 1. The van der Waals surface area contributed by atoms with Crippen LogP contribution in [0.4, 0.5) is 10.5 Å². The summed E-state index contributed by atoms with van der Waals surface area (Å²) >= 11 is 5.87. The van der Waals surface area contributed by atoms with Crippen molar-refractivity contribution in [1.29, 1.82) is 0 Å². The number of hydrogen-bond donors (Lipinski definition) is 0. The second-order valence-electron chi connectivity index (χ2n) is 6.23.